The van der Waals surface area contributed by atoms with Crippen molar-refractivity contribution in [2.24, 2.45) is 10.9 Å². The molecule has 1 unspecified atom stereocenters. The summed E-state index contributed by atoms with van der Waals surface area (Å²) in [5.74, 6) is 0.214. The van der Waals surface area contributed by atoms with Crippen molar-refractivity contribution in [2.75, 3.05) is 7.05 Å². The maximum atomic E-state index is 8.55. The van der Waals surface area contributed by atoms with Gasteiger partial charge in [0.15, 0.2) is 5.84 Å². The number of nitrogens with two attached hydrogens (primary N) is 1. The van der Waals surface area contributed by atoms with E-state index in [1.807, 2.05) is 31.2 Å². The second-order valence-corrected chi connectivity index (χ2v) is 4.44. The fourth-order valence-electron chi connectivity index (χ4n) is 1.13. The number of hydrogen-bond acceptors (Lipinski definition) is 5. The number of aryl methyl sites for hydroxylation is 1. The summed E-state index contributed by atoms with van der Waals surface area (Å²) in [6.07, 6.45) is 0. The molecule has 1 rings (SSSR count). The summed E-state index contributed by atoms with van der Waals surface area (Å²) in [4.78, 5) is 6.33. The molecule has 5 nitrogen and oxygen atoms in total. The molecule has 15 heavy (non-hydrogen) atoms. The number of likely N-dealkylation sites (N-methyl/N-ethyl adjacent to an activating group) is 1. The predicted molar refractivity (Wildman–Crippen MR) is 61.2 cm³/mol. The Labute approximate surface area is 93.2 Å². The lowest BCUT2D eigenvalue weighted by Crippen LogP contribution is -2.40. The lowest BCUT2D eigenvalue weighted by molar-refractivity contribution is 0.279. The molecule has 0 aromatic carbocycles. The number of aromatic nitrogens is 1. The lowest BCUT2D eigenvalue weighted by Gasteiger charge is -2.21. The van der Waals surface area contributed by atoms with Crippen molar-refractivity contribution in [1.82, 2.24) is 9.88 Å². The van der Waals surface area contributed by atoms with E-state index >= 15 is 0 Å². The van der Waals surface area contributed by atoms with E-state index in [1.165, 1.54) is 0 Å². The van der Waals surface area contributed by atoms with Crippen molar-refractivity contribution in [3.05, 3.63) is 16.1 Å². The molecule has 0 fully saturated rings. The van der Waals surface area contributed by atoms with Crippen molar-refractivity contribution in [3.63, 3.8) is 0 Å². The van der Waals surface area contributed by atoms with Gasteiger partial charge in [0.2, 0.25) is 0 Å². The largest absolute Gasteiger partial charge is 0.409 e. The Morgan fingerprint density at radius 2 is 2.47 bits per heavy atom. The van der Waals surface area contributed by atoms with E-state index in [1.54, 1.807) is 11.3 Å². The minimum Gasteiger partial charge on any atom is -0.409 e. The summed E-state index contributed by atoms with van der Waals surface area (Å²) < 4.78 is 0. The molecule has 0 aliphatic heterocycles. The van der Waals surface area contributed by atoms with Crippen LogP contribution in [0, 0.1) is 6.92 Å². The van der Waals surface area contributed by atoms with Gasteiger partial charge in [0, 0.05) is 11.1 Å². The zero-order valence-corrected chi connectivity index (χ0v) is 9.95. The molecule has 3 N–H and O–H groups in total. The van der Waals surface area contributed by atoms with E-state index in [0.29, 0.717) is 6.54 Å². The first-order chi connectivity index (χ1) is 7.04. The molecule has 6 heteroatoms. The molecule has 1 heterocycles. The van der Waals surface area contributed by atoms with Crippen LogP contribution in [0.2, 0.25) is 0 Å². The van der Waals surface area contributed by atoms with Gasteiger partial charge < -0.3 is 10.9 Å². The van der Waals surface area contributed by atoms with Gasteiger partial charge >= 0.3 is 0 Å². The van der Waals surface area contributed by atoms with Crippen LogP contribution >= 0.6 is 11.3 Å². The third-order valence-corrected chi connectivity index (χ3v) is 3.21. The molecule has 1 aromatic rings. The van der Waals surface area contributed by atoms with Crippen LogP contribution in [0.5, 0.6) is 0 Å². The molecule has 0 saturated carbocycles. The molecule has 1 aromatic heterocycles. The maximum absolute atomic E-state index is 8.55. The number of hydrogen-bond donors (Lipinski definition) is 2. The van der Waals surface area contributed by atoms with Gasteiger partial charge in [-0.2, -0.15) is 0 Å². The third-order valence-electron chi connectivity index (χ3n) is 2.26. The monoisotopic (exact) mass is 228 g/mol. The number of nitrogens with zero attached hydrogens (tertiary/aromatic N) is 3. The Balaban J connectivity index is 2.59. The highest BCUT2D eigenvalue weighted by molar-refractivity contribution is 7.09. The fourth-order valence-corrected chi connectivity index (χ4v) is 1.97. The second-order valence-electron chi connectivity index (χ2n) is 3.50. The van der Waals surface area contributed by atoms with Crippen LogP contribution < -0.4 is 5.73 Å². The first-order valence-electron chi connectivity index (χ1n) is 4.63. The van der Waals surface area contributed by atoms with Gasteiger partial charge in [0.1, 0.15) is 5.01 Å². The molecule has 84 valence electrons. The molecule has 0 aliphatic carbocycles. The minimum absolute atomic E-state index is 0.0980. The Bertz CT molecular complexity index is 350. The highest BCUT2D eigenvalue weighted by atomic mass is 32.1. The molecule has 0 spiro atoms. The van der Waals surface area contributed by atoms with E-state index in [9.17, 15) is 0 Å². The van der Waals surface area contributed by atoms with Gasteiger partial charge in [-0.25, -0.2) is 4.98 Å². The van der Waals surface area contributed by atoms with Crippen molar-refractivity contribution in [3.8, 4) is 0 Å². The van der Waals surface area contributed by atoms with Gasteiger partial charge in [0.05, 0.1) is 12.6 Å². The number of thiazole rings is 1. The quantitative estimate of drug-likeness (QED) is 0.349. The van der Waals surface area contributed by atoms with Gasteiger partial charge in [-0.1, -0.05) is 5.16 Å². The summed E-state index contributed by atoms with van der Waals surface area (Å²) in [5, 5.41) is 14.6. The van der Waals surface area contributed by atoms with E-state index in [4.69, 9.17) is 10.9 Å². The molecule has 0 saturated heterocycles. The summed E-state index contributed by atoms with van der Waals surface area (Å²) in [5.41, 5.74) is 6.55. The Kier molecular flexibility index (Phi) is 4.05. The van der Waals surface area contributed by atoms with Gasteiger partial charge in [0.25, 0.3) is 0 Å². The molecule has 0 amide bonds. The normalized spacial score (nSPS) is 14.5. The summed E-state index contributed by atoms with van der Waals surface area (Å²) >= 11 is 1.62. The Morgan fingerprint density at radius 3 is 2.93 bits per heavy atom. The lowest BCUT2D eigenvalue weighted by atomic mass is 10.3. The van der Waals surface area contributed by atoms with Gasteiger partial charge in [-0.15, -0.1) is 11.3 Å². The van der Waals surface area contributed by atoms with E-state index < -0.39 is 0 Å². The van der Waals surface area contributed by atoms with E-state index in [-0.39, 0.29) is 11.9 Å². The average molecular weight is 228 g/mol. The van der Waals surface area contributed by atoms with Crippen molar-refractivity contribution >= 4 is 17.2 Å². The topological polar surface area (TPSA) is 74.7 Å². The maximum Gasteiger partial charge on any atom is 0.156 e. The minimum atomic E-state index is -0.0980. The van der Waals surface area contributed by atoms with Crippen LogP contribution in [-0.2, 0) is 6.54 Å². The first-order valence-corrected chi connectivity index (χ1v) is 5.51. The summed E-state index contributed by atoms with van der Waals surface area (Å²) in [7, 11) is 1.92. The highest BCUT2D eigenvalue weighted by Crippen LogP contribution is 2.12. The van der Waals surface area contributed by atoms with Crippen LogP contribution in [0.25, 0.3) is 0 Å². The van der Waals surface area contributed by atoms with Crippen molar-refractivity contribution < 1.29 is 5.21 Å². The Morgan fingerprint density at radius 1 is 1.80 bits per heavy atom. The highest BCUT2D eigenvalue weighted by Gasteiger charge is 2.15. The van der Waals surface area contributed by atoms with Gasteiger partial charge in [-0.05, 0) is 20.9 Å². The Hall–Kier alpha value is -1.14. The molecule has 0 radical (unpaired) electrons. The molecule has 0 bridgehead atoms. The van der Waals surface area contributed by atoms with E-state index in [2.05, 4.69) is 10.1 Å². The summed E-state index contributed by atoms with van der Waals surface area (Å²) in [6, 6.07) is -0.0980. The zero-order chi connectivity index (χ0) is 11.4. The van der Waals surface area contributed by atoms with Crippen LogP contribution in [0.15, 0.2) is 10.5 Å². The fraction of sp³-hybridized carbons (Fsp3) is 0.556. The van der Waals surface area contributed by atoms with Crippen LogP contribution in [0.4, 0.5) is 0 Å². The number of rotatable bonds is 4. The summed E-state index contributed by atoms with van der Waals surface area (Å²) in [6.45, 7) is 4.55. The molecular weight excluding hydrogens is 212 g/mol. The second kappa shape index (κ2) is 5.09. The third kappa shape index (κ3) is 3.17. The SMILES string of the molecule is Cc1csc(CN(C)C(C)C(N)=NO)n1. The van der Waals surface area contributed by atoms with Crippen LogP contribution in [0.1, 0.15) is 17.6 Å². The average Bonchev–Trinajstić information content (AvgIpc) is 2.61. The van der Waals surface area contributed by atoms with Crippen molar-refractivity contribution in [1.29, 1.82) is 0 Å². The predicted octanol–water partition coefficient (Wildman–Crippen LogP) is 1.02. The van der Waals surface area contributed by atoms with Crippen molar-refractivity contribution in [2.45, 2.75) is 26.4 Å². The molecule has 0 aliphatic rings. The zero-order valence-electron chi connectivity index (χ0n) is 9.14. The van der Waals surface area contributed by atoms with Crippen LogP contribution in [0.3, 0.4) is 0 Å². The number of amidine groups is 1. The molecular formula is C9H16N4OS. The molecule has 1 atom stereocenters. The first kappa shape index (κ1) is 11.9. The number of oxime groups is 1. The van der Waals surface area contributed by atoms with Gasteiger partial charge in [-0.3, -0.25) is 4.90 Å². The van der Waals surface area contributed by atoms with E-state index in [0.717, 1.165) is 10.7 Å². The smallest absolute Gasteiger partial charge is 0.156 e. The van der Waals surface area contributed by atoms with Crippen LogP contribution in [-0.4, -0.2) is 34.0 Å². The standard InChI is InChI=1S/C9H16N4OS/c1-6-5-15-8(11-6)4-13(3)7(2)9(10)12-14/h5,7,14H,4H2,1-3H3,(H2,10,12).